The number of sulfonamides is 1. The number of carbonyl (C=O) groups is 3. The highest BCUT2D eigenvalue weighted by Gasteiger charge is 2.27. The molecule has 0 atom stereocenters. The van der Waals surface area contributed by atoms with Crippen LogP contribution in [0.1, 0.15) is 30.3 Å². The highest BCUT2D eigenvalue weighted by Crippen LogP contribution is 2.11. The van der Waals surface area contributed by atoms with Crippen LogP contribution < -0.4 is 0 Å². The normalized spacial score (nSPS) is 15.6. The summed E-state index contributed by atoms with van der Waals surface area (Å²) in [6.07, 6.45) is 3.04. The van der Waals surface area contributed by atoms with Crippen molar-refractivity contribution >= 4 is 27.7 Å². The molecule has 0 aliphatic carbocycles. The average molecular weight is 404 g/mol. The first kappa shape index (κ1) is 22.8. The van der Waals surface area contributed by atoms with E-state index in [0.29, 0.717) is 38.4 Å². The van der Waals surface area contributed by atoms with Crippen LogP contribution in [-0.2, 0) is 19.6 Å². The molecule has 1 aliphatic rings. The Balaban J connectivity index is 0.000000527. The molecule has 1 aliphatic heterocycles. The smallest absolute Gasteiger partial charge is 0.414 e. The number of carboxylic acid groups (broad SMARTS) is 2. The van der Waals surface area contributed by atoms with E-state index < -0.39 is 22.0 Å². The average Bonchev–Trinajstić information content (AvgIpc) is 3.16. The summed E-state index contributed by atoms with van der Waals surface area (Å²) in [5, 5.41) is 14.8. The Morgan fingerprint density at radius 1 is 1.11 bits per heavy atom. The molecule has 2 N–H and O–H groups in total. The highest BCUT2D eigenvalue weighted by molar-refractivity contribution is 7.89. The number of Topliss-reactive ketones (excluding diaryl/α,β-unsaturated/α-hetero) is 1. The van der Waals surface area contributed by atoms with Crippen molar-refractivity contribution in [1.29, 1.82) is 0 Å². The van der Waals surface area contributed by atoms with E-state index in [1.165, 1.54) is 10.6 Å². The third-order valence-electron chi connectivity index (χ3n) is 3.83. The molecule has 2 rings (SSSR count). The quantitative estimate of drug-likeness (QED) is 0.486. The van der Waals surface area contributed by atoms with Crippen molar-refractivity contribution in [3.05, 3.63) is 24.2 Å². The first-order chi connectivity index (χ1) is 12.7. The first-order valence-electron chi connectivity index (χ1n) is 8.40. The van der Waals surface area contributed by atoms with Crippen LogP contribution in [0.5, 0.6) is 0 Å². The zero-order valence-corrected chi connectivity index (χ0v) is 15.9. The standard InChI is InChI=1S/C14H22N2O4S.C2H2O4/c1-2-3-11-21(18,19)16-8-6-15(7-9-16)12-13(17)14-5-4-10-20-14;3-1(4)2(5)6/h4-5,10H,2-3,6-9,11-12H2,1H3;(H,3,4)(H,5,6). The predicted molar refractivity (Wildman–Crippen MR) is 95.0 cm³/mol. The summed E-state index contributed by atoms with van der Waals surface area (Å²) in [7, 11) is -3.14. The van der Waals surface area contributed by atoms with Crippen molar-refractivity contribution in [2.24, 2.45) is 0 Å². The van der Waals surface area contributed by atoms with Gasteiger partial charge in [-0.15, -0.1) is 0 Å². The Kier molecular flexibility index (Phi) is 9.12. The summed E-state index contributed by atoms with van der Waals surface area (Å²) in [6, 6.07) is 3.33. The van der Waals surface area contributed by atoms with Crippen LogP contribution >= 0.6 is 0 Å². The number of hydrogen-bond donors (Lipinski definition) is 2. The highest BCUT2D eigenvalue weighted by atomic mass is 32.2. The number of aliphatic carboxylic acids is 2. The predicted octanol–water partition coefficient (Wildman–Crippen LogP) is 0.365. The molecule has 0 amide bonds. The van der Waals surface area contributed by atoms with Gasteiger partial charge in [-0.05, 0) is 18.6 Å². The van der Waals surface area contributed by atoms with Gasteiger partial charge in [0.1, 0.15) is 0 Å². The fourth-order valence-corrected chi connectivity index (χ4v) is 3.97. The van der Waals surface area contributed by atoms with Crippen LogP contribution in [-0.4, -0.2) is 84.0 Å². The number of furan rings is 1. The van der Waals surface area contributed by atoms with E-state index in [1.54, 1.807) is 12.1 Å². The van der Waals surface area contributed by atoms with Crippen molar-refractivity contribution in [2.75, 3.05) is 38.5 Å². The van der Waals surface area contributed by atoms with Gasteiger partial charge in [0, 0.05) is 26.2 Å². The lowest BCUT2D eigenvalue weighted by Crippen LogP contribution is -2.50. The van der Waals surface area contributed by atoms with Gasteiger partial charge in [-0.1, -0.05) is 13.3 Å². The molecule has 1 saturated heterocycles. The number of carboxylic acids is 2. The van der Waals surface area contributed by atoms with Crippen LogP contribution in [0, 0.1) is 0 Å². The molecule has 2 heterocycles. The number of hydrogen-bond acceptors (Lipinski definition) is 7. The zero-order valence-electron chi connectivity index (χ0n) is 15.0. The molecular formula is C16H24N2O8S. The minimum absolute atomic E-state index is 0.0673. The summed E-state index contributed by atoms with van der Waals surface area (Å²) < 4.78 is 30.8. The number of piperazine rings is 1. The second-order valence-electron chi connectivity index (χ2n) is 5.86. The summed E-state index contributed by atoms with van der Waals surface area (Å²) in [5.41, 5.74) is 0. The fourth-order valence-electron chi connectivity index (χ4n) is 2.34. The third kappa shape index (κ3) is 7.89. The number of carbonyl (C=O) groups excluding carboxylic acids is 1. The minimum atomic E-state index is -3.14. The maximum absolute atomic E-state index is 12.1. The summed E-state index contributed by atoms with van der Waals surface area (Å²) in [5.74, 6) is -3.14. The van der Waals surface area contributed by atoms with Gasteiger partial charge < -0.3 is 14.6 Å². The van der Waals surface area contributed by atoms with Gasteiger partial charge in [0.15, 0.2) is 5.76 Å². The van der Waals surface area contributed by atoms with Crippen LogP contribution in [0.4, 0.5) is 0 Å². The van der Waals surface area contributed by atoms with Gasteiger partial charge >= 0.3 is 11.9 Å². The van der Waals surface area contributed by atoms with Gasteiger partial charge in [-0.2, -0.15) is 4.31 Å². The van der Waals surface area contributed by atoms with E-state index in [1.807, 2.05) is 11.8 Å². The molecule has 1 fully saturated rings. The van der Waals surface area contributed by atoms with Gasteiger partial charge in [0.25, 0.3) is 0 Å². The van der Waals surface area contributed by atoms with Crippen molar-refractivity contribution in [3.8, 4) is 0 Å². The molecule has 0 spiro atoms. The molecule has 0 saturated carbocycles. The molecule has 0 unspecified atom stereocenters. The van der Waals surface area contributed by atoms with Gasteiger partial charge in [0.2, 0.25) is 15.8 Å². The summed E-state index contributed by atoms with van der Waals surface area (Å²) >= 11 is 0. The van der Waals surface area contributed by atoms with E-state index in [-0.39, 0.29) is 18.1 Å². The Bertz CT molecular complexity index is 710. The lowest BCUT2D eigenvalue weighted by Gasteiger charge is -2.33. The SMILES string of the molecule is CCCCS(=O)(=O)N1CCN(CC(=O)c2ccco2)CC1.O=C(O)C(=O)O. The number of nitrogens with zero attached hydrogens (tertiary/aromatic N) is 2. The summed E-state index contributed by atoms with van der Waals surface area (Å²) in [4.78, 5) is 32.1. The number of unbranched alkanes of at least 4 members (excludes halogenated alkanes) is 1. The van der Waals surface area contributed by atoms with E-state index in [4.69, 9.17) is 24.2 Å². The van der Waals surface area contributed by atoms with Crippen LogP contribution in [0.2, 0.25) is 0 Å². The molecule has 1 aromatic heterocycles. The second kappa shape index (κ2) is 10.8. The van der Waals surface area contributed by atoms with E-state index in [0.717, 1.165) is 6.42 Å². The first-order valence-corrected chi connectivity index (χ1v) is 10.0. The Morgan fingerprint density at radius 3 is 2.15 bits per heavy atom. The molecule has 152 valence electrons. The molecular weight excluding hydrogens is 380 g/mol. The second-order valence-corrected chi connectivity index (χ2v) is 7.94. The lowest BCUT2D eigenvalue weighted by atomic mass is 10.2. The number of ketones is 1. The van der Waals surface area contributed by atoms with Crippen molar-refractivity contribution < 1.29 is 37.4 Å². The van der Waals surface area contributed by atoms with E-state index >= 15 is 0 Å². The van der Waals surface area contributed by atoms with Crippen LogP contribution in [0.25, 0.3) is 0 Å². The van der Waals surface area contributed by atoms with Crippen molar-refractivity contribution in [3.63, 3.8) is 0 Å². The molecule has 0 aromatic carbocycles. The van der Waals surface area contributed by atoms with Gasteiger partial charge in [-0.25, -0.2) is 18.0 Å². The largest absolute Gasteiger partial charge is 0.473 e. The molecule has 1 aromatic rings. The zero-order chi connectivity index (χ0) is 20.4. The molecule has 10 nitrogen and oxygen atoms in total. The minimum Gasteiger partial charge on any atom is -0.473 e. The van der Waals surface area contributed by atoms with Crippen molar-refractivity contribution in [2.45, 2.75) is 19.8 Å². The van der Waals surface area contributed by atoms with E-state index in [2.05, 4.69) is 0 Å². The Hall–Kier alpha value is -2.24. The van der Waals surface area contributed by atoms with Crippen molar-refractivity contribution in [1.82, 2.24) is 9.21 Å². The Morgan fingerprint density at radius 2 is 1.70 bits per heavy atom. The van der Waals surface area contributed by atoms with Gasteiger partial charge in [0.05, 0.1) is 18.6 Å². The summed E-state index contributed by atoms with van der Waals surface area (Å²) in [6.45, 7) is 4.33. The maximum atomic E-state index is 12.1. The lowest BCUT2D eigenvalue weighted by molar-refractivity contribution is -0.159. The molecule has 11 heteroatoms. The topological polar surface area (TPSA) is 145 Å². The monoisotopic (exact) mass is 404 g/mol. The van der Waals surface area contributed by atoms with E-state index in [9.17, 15) is 13.2 Å². The fraction of sp³-hybridized carbons (Fsp3) is 0.562. The maximum Gasteiger partial charge on any atom is 0.414 e. The van der Waals surface area contributed by atoms with Gasteiger partial charge in [-0.3, -0.25) is 9.69 Å². The molecule has 0 bridgehead atoms. The third-order valence-corrected chi connectivity index (χ3v) is 5.78. The van der Waals surface area contributed by atoms with Crippen LogP contribution in [0.3, 0.4) is 0 Å². The molecule has 0 radical (unpaired) electrons. The molecule has 27 heavy (non-hydrogen) atoms. The number of rotatable bonds is 7. The van der Waals surface area contributed by atoms with Crippen LogP contribution in [0.15, 0.2) is 22.8 Å². The Labute approximate surface area is 157 Å².